The van der Waals surface area contributed by atoms with Crippen molar-refractivity contribution >= 4 is 55.3 Å². The van der Waals surface area contributed by atoms with Crippen LogP contribution in [0.5, 0.6) is 0 Å². The number of hydrogen-bond acceptors (Lipinski definition) is 1. The van der Waals surface area contributed by atoms with Crippen LogP contribution in [0.3, 0.4) is 0 Å². The van der Waals surface area contributed by atoms with Gasteiger partial charge < -0.3 is 4.74 Å². The molecule has 0 rings (SSSR count). The van der Waals surface area contributed by atoms with Crippen LogP contribution in [0.15, 0.2) is 0 Å². The van der Waals surface area contributed by atoms with Gasteiger partial charge in [-0.1, -0.05) is 78.6 Å². The van der Waals surface area contributed by atoms with Gasteiger partial charge in [-0.2, -0.15) is 0 Å². The molecule has 2 radical (unpaired) electrons. The minimum absolute atomic E-state index is 0. The normalized spacial score (nSPS) is 14.5. The van der Waals surface area contributed by atoms with Gasteiger partial charge in [0.15, 0.2) is 0 Å². The zero-order valence-corrected chi connectivity index (χ0v) is 24.7. The van der Waals surface area contributed by atoms with Gasteiger partial charge in [0, 0.05) is 68.6 Å². The molecule has 0 bridgehead atoms. The molecular weight excluding hydrogens is 369 g/mol. The molecule has 0 aromatic carbocycles. The Balaban J connectivity index is 0. The molecule has 0 aromatic heterocycles. The van der Waals surface area contributed by atoms with Crippen LogP contribution in [0, 0.1) is 5.92 Å². The van der Waals surface area contributed by atoms with Gasteiger partial charge in [-0.3, -0.25) is 0 Å². The number of rotatable bonds is 9. The van der Waals surface area contributed by atoms with Gasteiger partial charge in [-0.05, 0) is 23.2 Å². The van der Waals surface area contributed by atoms with Gasteiger partial charge in [0.2, 0.25) is 0 Å². The second kappa shape index (κ2) is 9.69. The summed E-state index contributed by atoms with van der Waals surface area (Å²) in [6, 6.07) is 0. The fourth-order valence-corrected chi connectivity index (χ4v) is 33.7. The van der Waals surface area contributed by atoms with E-state index >= 15 is 0 Å². The lowest BCUT2D eigenvalue weighted by atomic mass is 10.2. The Morgan fingerprint density at radius 1 is 0.583 bits per heavy atom. The molecule has 0 aliphatic rings. The van der Waals surface area contributed by atoms with Gasteiger partial charge >= 0.3 is 0 Å². The van der Waals surface area contributed by atoms with Gasteiger partial charge in [0.1, 0.15) is 0 Å². The Kier molecular flexibility index (Phi) is 11.2. The SMILES string of the molecule is CCOCC(C([Si](C)(C)C)[Si](C)(C)C)C([Si](C)(C)C)[Si](C)(C)C.[Mg]. The predicted molar refractivity (Wildman–Crippen MR) is 127 cm³/mol. The summed E-state index contributed by atoms with van der Waals surface area (Å²) in [5.41, 5.74) is 0. The third-order valence-electron chi connectivity index (χ3n) is 5.10. The minimum Gasteiger partial charge on any atom is -0.381 e. The first-order chi connectivity index (χ1) is 9.94. The van der Waals surface area contributed by atoms with E-state index in [2.05, 4.69) is 85.5 Å². The van der Waals surface area contributed by atoms with E-state index in [0.29, 0.717) is 0 Å². The molecule has 24 heavy (non-hydrogen) atoms. The fraction of sp³-hybridized carbons (Fsp3) is 1.00. The smallest absolute Gasteiger partial charge is 0.0488 e. The van der Waals surface area contributed by atoms with E-state index in [1.807, 2.05) is 0 Å². The summed E-state index contributed by atoms with van der Waals surface area (Å²) in [7, 11) is -4.92. The van der Waals surface area contributed by atoms with E-state index in [1.54, 1.807) is 0 Å². The molecule has 0 fully saturated rings. The number of ether oxygens (including phenoxy) is 1. The van der Waals surface area contributed by atoms with Gasteiger partial charge in [0.25, 0.3) is 0 Å². The highest BCUT2D eigenvalue weighted by Crippen LogP contribution is 2.50. The van der Waals surface area contributed by atoms with Crippen molar-refractivity contribution in [1.29, 1.82) is 0 Å². The van der Waals surface area contributed by atoms with Crippen LogP contribution >= 0.6 is 0 Å². The van der Waals surface area contributed by atoms with Crippen molar-refractivity contribution in [1.82, 2.24) is 0 Å². The summed E-state index contributed by atoms with van der Waals surface area (Å²) in [5.74, 6) is 0.798. The van der Waals surface area contributed by atoms with Crippen molar-refractivity contribution in [2.75, 3.05) is 13.2 Å². The third-order valence-corrected chi connectivity index (χ3v) is 24.7. The molecule has 0 heterocycles. The molecule has 0 saturated heterocycles. The van der Waals surface area contributed by atoms with Crippen LogP contribution in [0.25, 0.3) is 0 Å². The Bertz CT molecular complexity index is 301. The molecule has 0 amide bonds. The number of hydrogen-bond donors (Lipinski definition) is 0. The highest BCUT2D eigenvalue weighted by molar-refractivity contribution is 6.99. The summed E-state index contributed by atoms with van der Waals surface area (Å²) in [6.45, 7) is 35.4. The monoisotopic (exact) mass is 414 g/mol. The van der Waals surface area contributed by atoms with E-state index in [4.69, 9.17) is 4.74 Å². The lowest BCUT2D eigenvalue weighted by Crippen LogP contribution is -2.57. The van der Waals surface area contributed by atoms with Crippen LogP contribution in [0.1, 0.15) is 6.92 Å². The minimum atomic E-state index is -1.23. The van der Waals surface area contributed by atoms with Gasteiger partial charge in [-0.25, -0.2) is 0 Å². The predicted octanol–water partition coefficient (Wildman–Crippen LogP) is 6.43. The molecule has 142 valence electrons. The van der Waals surface area contributed by atoms with Crippen LogP contribution < -0.4 is 0 Å². The Morgan fingerprint density at radius 2 is 0.833 bits per heavy atom. The first kappa shape index (κ1) is 27.8. The van der Waals surface area contributed by atoms with Gasteiger partial charge in [0.05, 0.1) is 0 Å². The van der Waals surface area contributed by atoms with E-state index in [1.165, 1.54) is 0 Å². The lowest BCUT2D eigenvalue weighted by Gasteiger charge is -2.52. The molecule has 0 atom stereocenters. The maximum Gasteiger partial charge on any atom is 0.0488 e. The quantitative estimate of drug-likeness (QED) is 0.395. The summed E-state index contributed by atoms with van der Waals surface area (Å²) in [6.07, 6.45) is 0. The maximum absolute atomic E-state index is 6.13. The van der Waals surface area contributed by atoms with Crippen molar-refractivity contribution in [3.63, 3.8) is 0 Å². The van der Waals surface area contributed by atoms with E-state index < -0.39 is 32.3 Å². The molecular formula is C18H46MgOSi4. The average Bonchev–Trinajstić information content (AvgIpc) is 2.17. The molecule has 0 aromatic rings. The van der Waals surface area contributed by atoms with Crippen molar-refractivity contribution in [2.24, 2.45) is 5.92 Å². The van der Waals surface area contributed by atoms with Crippen molar-refractivity contribution in [2.45, 2.75) is 95.8 Å². The van der Waals surface area contributed by atoms with Crippen molar-refractivity contribution < 1.29 is 4.74 Å². The first-order valence-electron chi connectivity index (χ1n) is 9.51. The zero-order valence-electron chi connectivity index (χ0n) is 19.3. The lowest BCUT2D eigenvalue weighted by molar-refractivity contribution is 0.114. The summed E-state index contributed by atoms with van der Waals surface area (Å²) >= 11 is 0. The largest absolute Gasteiger partial charge is 0.381 e. The molecule has 0 unspecified atom stereocenters. The Morgan fingerprint density at radius 3 is 1.00 bits per heavy atom. The van der Waals surface area contributed by atoms with E-state index in [9.17, 15) is 0 Å². The van der Waals surface area contributed by atoms with Crippen LogP contribution in [0.2, 0.25) is 88.9 Å². The molecule has 0 spiro atoms. The van der Waals surface area contributed by atoms with Crippen LogP contribution in [-0.2, 0) is 4.74 Å². The summed E-state index contributed by atoms with van der Waals surface area (Å²) in [4.78, 5) is 0. The molecule has 0 aliphatic carbocycles. The van der Waals surface area contributed by atoms with Crippen LogP contribution in [0.4, 0.5) is 0 Å². The molecule has 0 aliphatic heterocycles. The second-order valence-electron chi connectivity index (χ2n) is 11.7. The zero-order chi connectivity index (χ0) is 18.9. The fourth-order valence-electron chi connectivity index (χ4n) is 5.81. The summed E-state index contributed by atoms with van der Waals surface area (Å²) < 4.78 is 6.13. The molecule has 1 nitrogen and oxygen atoms in total. The Hall–Kier alpha value is 1.59. The molecule has 0 saturated carbocycles. The van der Waals surface area contributed by atoms with Gasteiger partial charge in [-0.15, -0.1) is 0 Å². The maximum atomic E-state index is 6.13. The third kappa shape index (κ3) is 8.52. The Labute approximate surface area is 174 Å². The highest BCUT2D eigenvalue weighted by Gasteiger charge is 2.51. The molecule has 0 N–H and O–H groups in total. The highest BCUT2D eigenvalue weighted by atomic mass is 28.4. The average molecular weight is 415 g/mol. The van der Waals surface area contributed by atoms with E-state index in [-0.39, 0.29) is 23.1 Å². The summed E-state index contributed by atoms with van der Waals surface area (Å²) in [5, 5.41) is 1.90. The standard InChI is InChI=1S/C18H46OSi4.Mg/c1-14-19-15-16(17(20(2,3)4)21(5,6)7)18(22(8,9)10)23(11,12)13;/h16-18H,14-15H2,1-13H3;. The van der Waals surface area contributed by atoms with E-state index in [0.717, 1.165) is 29.5 Å². The first-order valence-corrected chi connectivity index (χ1v) is 23.8. The van der Waals surface area contributed by atoms with Crippen molar-refractivity contribution in [3.8, 4) is 0 Å². The second-order valence-corrected chi connectivity index (χ2v) is 34.3. The van der Waals surface area contributed by atoms with Crippen molar-refractivity contribution in [3.05, 3.63) is 0 Å². The molecule has 6 heteroatoms. The topological polar surface area (TPSA) is 9.23 Å². The van der Waals surface area contributed by atoms with Crippen LogP contribution in [-0.4, -0.2) is 68.6 Å².